The van der Waals surface area contributed by atoms with Crippen LogP contribution in [-0.2, 0) is 0 Å². The van der Waals surface area contributed by atoms with Crippen molar-refractivity contribution >= 4 is 16.7 Å². The third kappa shape index (κ3) is 2.64. The number of hydrogen-bond acceptors (Lipinski definition) is 5. The van der Waals surface area contributed by atoms with Gasteiger partial charge in [-0.3, -0.25) is 4.98 Å². The summed E-state index contributed by atoms with van der Waals surface area (Å²) in [6.45, 7) is 0. The topological polar surface area (TPSA) is 99.6 Å². The molecule has 3 atom stereocenters. The quantitative estimate of drug-likeness (QED) is 0.422. The first-order chi connectivity index (χ1) is 15.3. The van der Waals surface area contributed by atoms with Crippen LogP contribution in [0.5, 0.6) is 0 Å². The van der Waals surface area contributed by atoms with Crippen molar-refractivity contribution < 1.29 is 0 Å². The smallest absolute Gasteiger partial charge is 0.165 e. The zero-order valence-corrected chi connectivity index (χ0v) is 16.9. The van der Waals surface area contributed by atoms with Gasteiger partial charge in [-0.25, -0.2) is 9.97 Å². The molecule has 0 spiro atoms. The van der Waals surface area contributed by atoms with Crippen LogP contribution in [0.15, 0.2) is 49.2 Å². The predicted octanol–water partition coefficient (Wildman–Crippen LogP) is 3.66. The van der Waals surface area contributed by atoms with Crippen molar-refractivity contribution in [2.24, 2.45) is 0 Å². The molecule has 2 saturated heterocycles. The Morgan fingerprint density at radius 3 is 2.61 bits per heavy atom. The first-order valence-corrected chi connectivity index (χ1v) is 10.9. The largest absolute Gasteiger partial charge is 0.346 e. The molecule has 5 aromatic heterocycles. The van der Waals surface area contributed by atoms with Crippen molar-refractivity contribution in [1.82, 2.24) is 39.9 Å². The van der Waals surface area contributed by atoms with Gasteiger partial charge in [-0.1, -0.05) is 6.07 Å². The highest BCUT2D eigenvalue weighted by Gasteiger charge is 2.35. The summed E-state index contributed by atoms with van der Waals surface area (Å²) in [7, 11) is 0. The Hall–Kier alpha value is -3.52. The van der Waals surface area contributed by atoms with E-state index in [1.165, 1.54) is 23.9 Å². The fourth-order valence-corrected chi connectivity index (χ4v) is 5.42. The molecular formula is C23H22N8. The van der Waals surface area contributed by atoms with Crippen molar-refractivity contribution in [2.75, 3.05) is 0 Å². The highest BCUT2D eigenvalue weighted by atomic mass is 15.3. The molecule has 8 heteroatoms. The molecule has 0 radical (unpaired) electrons. The van der Waals surface area contributed by atoms with E-state index in [1.807, 2.05) is 29.2 Å². The Bertz CT molecular complexity index is 1370. The SMILES string of the molecule is c1c[nH]c(-c2ccc(-c3cnn4c3nc([C@@H]3C[C@H]5CC[C@@H](C3)N5)c3cc[nH]c34)cn2)n1. The Labute approximate surface area is 178 Å². The molecule has 3 N–H and O–H groups in total. The van der Waals surface area contributed by atoms with Crippen molar-refractivity contribution in [2.45, 2.75) is 43.7 Å². The number of aromatic amines is 2. The number of piperidine rings is 1. The molecule has 7 rings (SSSR count). The van der Waals surface area contributed by atoms with Gasteiger partial charge in [0.05, 0.1) is 11.9 Å². The lowest BCUT2D eigenvalue weighted by Gasteiger charge is -2.29. The van der Waals surface area contributed by atoms with Gasteiger partial charge in [-0.15, -0.1) is 0 Å². The highest BCUT2D eigenvalue weighted by molar-refractivity contribution is 5.86. The molecule has 154 valence electrons. The average molecular weight is 410 g/mol. The van der Waals surface area contributed by atoms with E-state index in [1.54, 1.807) is 12.4 Å². The Balaban J connectivity index is 1.36. The van der Waals surface area contributed by atoms with Gasteiger partial charge >= 0.3 is 0 Å². The summed E-state index contributed by atoms with van der Waals surface area (Å²) < 4.78 is 1.92. The van der Waals surface area contributed by atoms with Gasteiger partial charge in [0.1, 0.15) is 11.3 Å². The molecule has 5 aromatic rings. The van der Waals surface area contributed by atoms with Crippen LogP contribution >= 0.6 is 0 Å². The molecule has 0 aliphatic carbocycles. The molecule has 0 unspecified atom stereocenters. The second-order valence-corrected chi connectivity index (χ2v) is 8.71. The minimum absolute atomic E-state index is 0.476. The van der Waals surface area contributed by atoms with Crippen molar-refractivity contribution in [3.63, 3.8) is 0 Å². The second-order valence-electron chi connectivity index (χ2n) is 8.71. The van der Waals surface area contributed by atoms with E-state index in [9.17, 15) is 0 Å². The molecule has 2 fully saturated rings. The molecule has 8 nitrogen and oxygen atoms in total. The Morgan fingerprint density at radius 2 is 1.84 bits per heavy atom. The fraction of sp³-hybridized carbons (Fsp3) is 0.304. The van der Waals surface area contributed by atoms with Gasteiger partial charge in [0.2, 0.25) is 0 Å². The number of fused-ring (bicyclic) bond motifs is 5. The van der Waals surface area contributed by atoms with Crippen LogP contribution in [-0.4, -0.2) is 46.6 Å². The zero-order chi connectivity index (χ0) is 20.4. The summed E-state index contributed by atoms with van der Waals surface area (Å²) in [5, 5.41) is 9.59. The summed E-state index contributed by atoms with van der Waals surface area (Å²) in [5.41, 5.74) is 5.90. The van der Waals surface area contributed by atoms with E-state index < -0.39 is 0 Å². The lowest BCUT2D eigenvalue weighted by atomic mass is 9.88. The maximum absolute atomic E-state index is 5.21. The molecule has 2 aliphatic heterocycles. The Morgan fingerprint density at radius 1 is 0.935 bits per heavy atom. The molecular weight excluding hydrogens is 388 g/mol. The minimum Gasteiger partial charge on any atom is -0.346 e. The predicted molar refractivity (Wildman–Crippen MR) is 118 cm³/mol. The van der Waals surface area contributed by atoms with Crippen LogP contribution in [0.2, 0.25) is 0 Å². The van der Waals surface area contributed by atoms with E-state index in [4.69, 9.17) is 4.98 Å². The van der Waals surface area contributed by atoms with E-state index >= 15 is 0 Å². The first kappa shape index (κ1) is 17.2. The summed E-state index contributed by atoms with van der Waals surface area (Å²) in [4.78, 5) is 20.6. The van der Waals surface area contributed by atoms with Crippen molar-refractivity contribution in [3.05, 3.63) is 54.9 Å². The van der Waals surface area contributed by atoms with Crippen LogP contribution in [0.3, 0.4) is 0 Å². The lowest BCUT2D eigenvalue weighted by Crippen LogP contribution is -2.37. The second kappa shape index (κ2) is 6.49. The van der Waals surface area contributed by atoms with Gasteiger partial charge in [0.15, 0.2) is 11.5 Å². The number of pyridine rings is 1. The van der Waals surface area contributed by atoms with Crippen molar-refractivity contribution in [1.29, 1.82) is 0 Å². The van der Waals surface area contributed by atoms with Crippen LogP contribution in [0, 0.1) is 0 Å². The number of nitrogens with zero attached hydrogens (tertiary/aromatic N) is 5. The Kier molecular flexibility index (Phi) is 3.60. The van der Waals surface area contributed by atoms with Crippen LogP contribution in [0.4, 0.5) is 0 Å². The highest BCUT2D eigenvalue weighted by Crippen LogP contribution is 2.39. The van der Waals surface area contributed by atoms with Crippen molar-refractivity contribution in [3.8, 4) is 22.6 Å². The van der Waals surface area contributed by atoms with Gasteiger partial charge in [-0.2, -0.15) is 9.61 Å². The number of rotatable bonds is 3. The zero-order valence-electron chi connectivity index (χ0n) is 16.9. The van der Waals surface area contributed by atoms with Gasteiger partial charge in [-0.05, 0) is 37.8 Å². The number of aromatic nitrogens is 7. The minimum atomic E-state index is 0.476. The lowest BCUT2D eigenvalue weighted by molar-refractivity contribution is 0.360. The molecule has 0 aromatic carbocycles. The monoisotopic (exact) mass is 410 g/mol. The number of hydrogen-bond donors (Lipinski definition) is 3. The molecule has 2 aliphatic rings. The first-order valence-electron chi connectivity index (χ1n) is 10.9. The van der Waals surface area contributed by atoms with E-state index in [0.717, 1.165) is 46.8 Å². The summed E-state index contributed by atoms with van der Waals surface area (Å²) >= 11 is 0. The molecule has 7 heterocycles. The van der Waals surface area contributed by atoms with E-state index in [0.29, 0.717) is 18.0 Å². The molecule has 0 saturated carbocycles. The standard InChI is InChI=1S/C23H22N8/c1-4-19(21-24-7-8-25-21)27-11-13(1)18-12-28-31-22-17(5-6-26-22)20(30-23(18)31)14-9-15-2-3-16(10-14)29-15/h1,4-8,11-12,14-16,26,29H,2-3,9-10H2,(H,24,25)/t14-,15-,16+. The number of imidazole rings is 1. The fourth-order valence-electron chi connectivity index (χ4n) is 5.42. The third-order valence-electron chi connectivity index (χ3n) is 6.86. The van der Waals surface area contributed by atoms with E-state index in [-0.39, 0.29) is 0 Å². The van der Waals surface area contributed by atoms with Gasteiger partial charge in [0, 0.05) is 59.3 Å². The van der Waals surface area contributed by atoms with E-state index in [2.05, 4.69) is 42.5 Å². The normalized spacial score (nSPS) is 23.2. The van der Waals surface area contributed by atoms with Gasteiger partial charge < -0.3 is 15.3 Å². The summed E-state index contributed by atoms with van der Waals surface area (Å²) in [6, 6.07) is 7.43. The summed E-state index contributed by atoms with van der Waals surface area (Å²) in [6.07, 6.45) is 14.2. The molecule has 2 bridgehead atoms. The maximum Gasteiger partial charge on any atom is 0.165 e. The van der Waals surface area contributed by atoms with Crippen LogP contribution in [0.25, 0.3) is 39.3 Å². The summed E-state index contributed by atoms with van der Waals surface area (Å²) in [5.74, 6) is 1.24. The average Bonchev–Trinajstić information content (AvgIpc) is 3.59. The number of nitrogens with one attached hydrogen (secondary N) is 3. The van der Waals surface area contributed by atoms with Gasteiger partial charge in [0.25, 0.3) is 0 Å². The van der Waals surface area contributed by atoms with Crippen LogP contribution < -0.4 is 5.32 Å². The van der Waals surface area contributed by atoms with Crippen LogP contribution in [0.1, 0.15) is 37.3 Å². The maximum atomic E-state index is 5.21. The molecule has 0 amide bonds. The third-order valence-corrected chi connectivity index (χ3v) is 6.86. The number of H-pyrrole nitrogens is 2. The molecule has 31 heavy (non-hydrogen) atoms.